The van der Waals surface area contributed by atoms with Gasteiger partial charge in [-0.1, -0.05) is 6.07 Å². The van der Waals surface area contributed by atoms with Gasteiger partial charge in [-0.05, 0) is 13.0 Å². The van der Waals surface area contributed by atoms with Crippen LogP contribution in [-0.2, 0) is 0 Å². The van der Waals surface area contributed by atoms with E-state index in [1.807, 2.05) is 19.1 Å². The number of hydrogen-bond donors (Lipinski definition) is 1. The maximum absolute atomic E-state index is 5.68. The van der Waals surface area contributed by atoms with Crippen molar-refractivity contribution in [3.8, 4) is 5.88 Å². The van der Waals surface area contributed by atoms with Crippen LogP contribution in [0.4, 0.5) is 0 Å². The van der Waals surface area contributed by atoms with Gasteiger partial charge in [0.25, 0.3) is 0 Å². The summed E-state index contributed by atoms with van der Waals surface area (Å²) >= 11 is 5.41. The summed E-state index contributed by atoms with van der Waals surface area (Å²) in [6.45, 7) is 1.97. The molecule has 0 radical (unpaired) electrons. The maximum atomic E-state index is 5.68. The average molecular weight is 184 g/mol. The first-order valence-corrected chi connectivity index (χ1v) is 4.18. The Hall–Kier alpha value is -0.735. The lowest BCUT2D eigenvalue weighted by Crippen LogP contribution is -2.09. The smallest absolute Gasteiger partial charge is 0.446 e. The minimum absolute atomic E-state index is 0.0862. The Labute approximate surface area is 77.1 Å². The van der Waals surface area contributed by atoms with E-state index in [4.69, 9.17) is 21.8 Å². The Kier molecular flexibility index (Phi) is 3.38. The molecule has 1 aromatic heterocycles. The molecule has 0 aromatic carbocycles. The first-order chi connectivity index (χ1) is 5.75. The van der Waals surface area contributed by atoms with Crippen LogP contribution < -0.4 is 10.4 Å². The van der Waals surface area contributed by atoms with E-state index in [0.29, 0.717) is 5.88 Å². The van der Waals surface area contributed by atoms with Crippen LogP contribution >= 0.6 is 11.5 Å². The number of halogens is 1. The van der Waals surface area contributed by atoms with Gasteiger partial charge < -0.3 is 10.4 Å². The largest absolute Gasteiger partial charge is 0.535 e. The van der Waals surface area contributed by atoms with Gasteiger partial charge in [0, 0.05) is 17.8 Å². The van der Waals surface area contributed by atoms with Crippen molar-refractivity contribution in [2.75, 3.05) is 0 Å². The second kappa shape index (κ2) is 4.33. The fraction of sp³-hybridized carbons (Fsp3) is 0.286. The second-order valence-electron chi connectivity index (χ2n) is 2.44. The highest BCUT2D eigenvalue weighted by Crippen LogP contribution is 2.19. The van der Waals surface area contributed by atoms with Crippen molar-refractivity contribution >= 4 is 18.4 Å². The van der Waals surface area contributed by atoms with Gasteiger partial charge in [-0.25, -0.2) is 4.98 Å². The van der Waals surface area contributed by atoms with Crippen molar-refractivity contribution < 1.29 is 4.65 Å². The molecule has 0 aliphatic rings. The molecular formula is C7H10BClN2O. The van der Waals surface area contributed by atoms with Gasteiger partial charge >= 0.3 is 6.90 Å². The molecule has 1 rings (SSSR count). The van der Waals surface area contributed by atoms with Crippen LogP contribution in [-0.4, -0.2) is 11.9 Å². The van der Waals surface area contributed by atoms with E-state index in [1.165, 1.54) is 0 Å². The molecule has 64 valence electrons. The van der Waals surface area contributed by atoms with Gasteiger partial charge in [-0.2, -0.15) is 0 Å². The summed E-state index contributed by atoms with van der Waals surface area (Å²) in [6, 6.07) is 3.61. The lowest BCUT2D eigenvalue weighted by molar-refractivity contribution is 0.562. The molecule has 5 heteroatoms. The molecule has 1 atom stereocenters. The lowest BCUT2D eigenvalue weighted by atomic mass is 10.1. The second-order valence-corrected chi connectivity index (χ2v) is 2.66. The minimum Gasteiger partial charge on any atom is -0.535 e. The van der Waals surface area contributed by atoms with E-state index in [1.54, 1.807) is 6.20 Å². The first-order valence-electron chi connectivity index (χ1n) is 3.65. The molecule has 0 aliphatic carbocycles. The van der Waals surface area contributed by atoms with E-state index in [9.17, 15) is 0 Å². The first kappa shape index (κ1) is 9.35. The third kappa shape index (κ3) is 2.12. The molecule has 0 spiro atoms. The summed E-state index contributed by atoms with van der Waals surface area (Å²) < 4.78 is 5.07. The number of aromatic nitrogens is 1. The highest BCUT2D eigenvalue weighted by atomic mass is 35.5. The lowest BCUT2D eigenvalue weighted by Gasteiger charge is -2.10. The molecule has 12 heavy (non-hydrogen) atoms. The summed E-state index contributed by atoms with van der Waals surface area (Å²) in [4.78, 5) is 4.00. The molecule has 1 heterocycles. The van der Waals surface area contributed by atoms with Gasteiger partial charge in [-0.3, -0.25) is 0 Å². The number of hydrogen-bond acceptors (Lipinski definition) is 3. The monoisotopic (exact) mass is 184 g/mol. The van der Waals surface area contributed by atoms with Crippen molar-refractivity contribution in [2.24, 2.45) is 5.73 Å². The Morgan fingerprint density at radius 2 is 2.50 bits per heavy atom. The van der Waals surface area contributed by atoms with E-state index in [-0.39, 0.29) is 12.9 Å². The summed E-state index contributed by atoms with van der Waals surface area (Å²) in [5, 5.41) is 0. The Balaban J connectivity index is 2.92. The fourth-order valence-electron chi connectivity index (χ4n) is 0.922. The molecule has 1 aromatic rings. The highest BCUT2D eigenvalue weighted by molar-refractivity contribution is 6.90. The molecular weight excluding hydrogens is 174 g/mol. The van der Waals surface area contributed by atoms with Crippen molar-refractivity contribution in [1.29, 1.82) is 0 Å². The maximum Gasteiger partial charge on any atom is 0.446 e. The molecule has 0 amide bonds. The van der Waals surface area contributed by atoms with Gasteiger partial charge in [0.1, 0.15) is 0 Å². The zero-order valence-electron chi connectivity index (χ0n) is 6.83. The van der Waals surface area contributed by atoms with Gasteiger partial charge in [0.15, 0.2) is 0 Å². The van der Waals surface area contributed by atoms with Crippen molar-refractivity contribution in [1.82, 2.24) is 4.98 Å². The highest BCUT2D eigenvalue weighted by Gasteiger charge is 2.07. The van der Waals surface area contributed by atoms with Gasteiger partial charge in [-0.15, -0.1) is 11.5 Å². The van der Waals surface area contributed by atoms with E-state index in [0.717, 1.165) is 5.56 Å². The fourth-order valence-corrected chi connectivity index (χ4v) is 1.03. The molecule has 2 N–H and O–H groups in total. The molecule has 0 unspecified atom stereocenters. The molecule has 0 bridgehead atoms. The average Bonchev–Trinajstić information content (AvgIpc) is 2.05. The van der Waals surface area contributed by atoms with Crippen LogP contribution in [0.3, 0.4) is 0 Å². The van der Waals surface area contributed by atoms with Crippen LogP contribution in [0.2, 0.25) is 0 Å². The van der Waals surface area contributed by atoms with Gasteiger partial charge in [0.2, 0.25) is 5.88 Å². The molecule has 3 nitrogen and oxygen atoms in total. The molecule has 0 saturated heterocycles. The Bertz CT molecular complexity index is 257. The summed E-state index contributed by atoms with van der Waals surface area (Å²) in [7, 11) is 0. The van der Waals surface area contributed by atoms with E-state index in [2.05, 4.69) is 4.98 Å². The van der Waals surface area contributed by atoms with Crippen LogP contribution in [0.25, 0.3) is 0 Å². The summed E-state index contributed by atoms with van der Waals surface area (Å²) in [5.74, 6) is 0.516. The SMILES string of the molecule is C[C@@H](N)c1cccnc1OBCl. The number of nitrogens with zero attached hydrogens (tertiary/aromatic N) is 1. The summed E-state index contributed by atoms with van der Waals surface area (Å²) in [5.41, 5.74) is 6.56. The van der Waals surface area contributed by atoms with Gasteiger partial charge in [0.05, 0.1) is 0 Å². The van der Waals surface area contributed by atoms with Crippen LogP contribution in [0.15, 0.2) is 18.3 Å². The molecule has 0 fully saturated rings. The summed E-state index contributed by atoms with van der Waals surface area (Å²) in [6.07, 6.45) is 1.65. The van der Waals surface area contributed by atoms with Crippen LogP contribution in [0, 0.1) is 0 Å². The zero-order valence-corrected chi connectivity index (χ0v) is 7.58. The van der Waals surface area contributed by atoms with Crippen LogP contribution in [0.5, 0.6) is 5.88 Å². The topological polar surface area (TPSA) is 48.1 Å². The third-order valence-corrected chi connectivity index (χ3v) is 1.59. The van der Waals surface area contributed by atoms with E-state index >= 15 is 0 Å². The predicted molar refractivity (Wildman–Crippen MR) is 50.5 cm³/mol. The predicted octanol–water partition coefficient (Wildman–Crippen LogP) is 0.985. The number of rotatable bonds is 3. The van der Waals surface area contributed by atoms with Crippen molar-refractivity contribution in [2.45, 2.75) is 13.0 Å². The Morgan fingerprint density at radius 3 is 3.08 bits per heavy atom. The van der Waals surface area contributed by atoms with E-state index < -0.39 is 0 Å². The minimum atomic E-state index is -0.0862. The quantitative estimate of drug-likeness (QED) is 0.713. The number of nitrogens with two attached hydrogens (primary N) is 1. The molecule has 0 saturated carbocycles. The third-order valence-electron chi connectivity index (χ3n) is 1.48. The zero-order chi connectivity index (χ0) is 8.97. The Morgan fingerprint density at radius 1 is 1.75 bits per heavy atom. The normalized spacial score (nSPS) is 12.2. The van der Waals surface area contributed by atoms with Crippen LogP contribution in [0.1, 0.15) is 18.5 Å². The van der Waals surface area contributed by atoms with Crippen molar-refractivity contribution in [3.05, 3.63) is 23.9 Å². The molecule has 0 aliphatic heterocycles. The number of pyridine rings is 1. The standard InChI is InChI=1S/C7H10BClN2O/c1-5(10)6-3-2-4-11-7(6)12-8-9/h2-5,8H,10H2,1H3/t5-/m1/s1. The van der Waals surface area contributed by atoms with Crippen molar-refractivity contribution in [3.63, 3.8) is 0 Å².